The first-order chi connectivity index (χ1) is 6.77. The van der Waals surface area contributed by atoms with Crippen molar-refractivity contribution in [2.75, 3.05) is 11.6 Å². The van der Waals surface area contributed by atoms with Crippen molar-refractivity contribution in [2.45, 2.75) is 12.8 Å². The number of amides is 1. The number of anilines is 1. The summed E-state index contributed by atoms with van der Waals surface area (Å²) in [5, 5.41) is 10.3. The van der Waals surface area contributed by atoms with E-state index in [9.17, 15) is 4.79 Å². The van der Waals surface area contributed by atoms with Crippen LogP contribution in [0.1, 0.15) is 12.0 Å². The number of aryl methyl sites for hydroxylation is 1. The van der Waals surface area contributed by atoms with Crippen LogP contribution >= 0.6 is 0 Å². The Balaban J connectivity index is 2.26. The molecule has 14 heavy (non-hydrogen) atoms. The first-order valence-corrected chi connectivity index (χ1v) is 4.62. The van der Waals surface area contributed by atoms with Crippen molar-refractivity contribution in [3.63, 3.8) is 0 Å². The fourth-order valence-corrected chi connectivity index (χ4v) is 1.77. The zero-order valence-electron chi connectivity index (χ0n) is 7.73. The van der Waals surface area contributed by atoms with Gasteiger partial charge in [0, 0.05) is 6.54 Å². The normalized spacial score (nSPS) is 14.7. The highest BCUT2D eigenvalue weighted by molar-refractivity contribution is 5.69. The Hall–Kier alpha value is -1.71. The molecule has 1 aliphatic rings. The molecule has 0 unspecified atom stereocenters. The van der Waals surface area contributed by atoms with Gasteiger partial charge >= 0.3 is 6.09 Å². The van der Waals surface area contributed by atoms with Crippen molar-refractivity contribution < 1.29 is 9.90 Å². The van der Waals surface area contributed by atoms with E-state index in [1.54, 1.807) is 5.01 Å². The number of nitrogens with zero attached hydrogens (tertiary/aromatic N) is 1. The van der Waals surface area contributed by atoms with Crippen LogP contribution in [-0.2, 0) is 6.42 Å². The molecule has 4 nitrogen and oxygen atoms in total. The minimum atomic E-state index is -1.01. The maximum Gasteiger partial charge on any atom is 0.423 e. The Morgan fingerprint density at radius 3 is 3.00 bits per heavy atom. The summed E-state index contributed by atoms with van der Waals surface area (Å²) in [6.07, 6.45) is 0.993. The van der Waals surface area contributed by atoms with Crippen LogP contribution in [-0.4, -0.2) is 17.7 Å². The van der Waals surface area contributed by atoms with Crippen LogP contribution in [0, 0.1) is 0 Å². The number of carbonyl (C=O) groups is 1. The predicted molar refractivity (Wildman–Crippen MR) is 53.3 cm³/mol. The highest BCUT2D eigenvalue weighted by Gasteiger charge is 2.16. The molecule has 4 heteroatoms. The van der Waals surface area contributed by atoms with Crippen molar-refractivity contribution in [1.82, 2.24) is 5.43 Å². The zero-order chi connectivity index (χ0) is 9.97. The number of benzene rings is 1. The number of hydrazine groups is 1. The lowest BCUT2D eigenvalue weighted by molar-refractivity contribution is 0.193. The average molecular weight is 192 g/mol. The second kappa shape index (κ2) is 3.57. The summed E-state index contributed by atoms with van der Waals surface area (Å²) in [5.41, 5.74) is 4.56. The summed E-state index contributed by atoms with van der Waals surface area (Å²) in [5.74, 6) is 0. The molecule has 1 aliphatic heterocycles. The largest absolute Gasteiger partial charge is 0.464 e. The third kappa shape index (κ3) is 1.64. The van der Waals surface area contributed by atoms with Crippen LogP contribution < -0.4 is 10.4 Å². The van der Waals surface area contributed by atoms with Crippen LogP contribution in [0.4, 0.5) is 10.5 Å². The number of rotatable bonds is 1. The van der Waals surface area contributed by atoms with Gasteiger partial charge in [-0.3, -0.25) is 5.01 Å². The Labute approximate surface area is 82.1 Å². The van der Waals surface area contributed by atoms with Gasteiger partial charge in [0.1, 0.15) is 0 Å². The molecule has 1 aromatic rings. The first kappa shape index (κ1) is 8.87. The van der Waals surface area contributed by atoms with Crippen molar-refractivity contribution >= 4 is 11.8 Å². The van der Waals surface area contributed by atoms with Gasteiger partial charge in [-0.15, -0.1) is 0 Å². The minimum absolute atomic E-state index is 0.739. The lowest BCUT2D eigenvalue weighted by Gasteiger charge is -2.29. The second-order valence-electron chi connectivity index (χ2n) is 3.30. The Morgan fingerprint density at radius 2 is 2.21 bits per heavy atom. The predicted octanol–water partition coefficient (Wildman–Crippen LogP) is 1.62. The molecule has 0 spiro atoms. The number of hydrogen-bond acceptors (Lipinski definition) is 2. The minimum Gasteiger partial charge on any atom is -0.464 e. The molecule has 0 atom stereocenters. The molecular weight excluding hydrogens is 180 g/mol. The van der Waals surface area contributed by atoms with E-state index in [4.69, 9.17) is 5.11 Å². The number of nitrogens with one attached hydrogen (secondary N) is 1. The molecule has 2 rings (SSSR count). The molecule has 0 aliphatic carbocycles. The van der Waals surface area contributed by atoms with Crippen molar-refractivity contribution in [3.8, 4) is 0 Å². The molecule has 74 valence electrons. The van der Waals surface area contributed by atoms with Gasteiger partial charge in [-0.25, -0.2) is 10.2 Å². The lowest BCUT2D eigenvalue weighted by atomic mass is 10.0. The molecular formula is C10H12N2O2. The van der Waals surface area contributed by atoms with E-state index in [-0.39, 0.29) is 0 Å². The van der Waals surface area contributed by atoms with Crippen LogP contribution in [0.25, 0.3) is 0 Å². The highest BCUT2D eigenvalue weighted by atomic mass is 16.4. The SMILES string of the molecule is O=C(O)NN1CCCc2ccccc21. The van der Waals surface area contributed by atoms with Gasteiger partial charge < -0.3 is 5.11 Å². The Bertz CT molecular complexity index is 352. The molecule has 0 saturated carbocycles. The maximum absolute atomic E-state index is 10.5. The van der Waals surface area contributed by atoms with E-state index < -0.39 is 6.09 Å². The molecule has 0 saturated heterocycles. The lowest BCUT2D eigenvalue weighted by Crippen LogP contribution is -2.44. The Kier molecular flexibility index (Phi) is 2.26. The van der Waals surface area contributed by atoms with Crippen molar-refractivity contribution in [1.29, 1.82) is 0 Å². The smallest absolute Gasteiger partial charge is 0.423 e. The van der Waals surface area contributed by atoms with E-state index >= 15 is 0 Å². The summed E-state index contributed by atoms with van der Waals surface area (Å²) < 4.78 is 0. The van der Waals surface area contributed by atoms with E-state index in [1.165, 1.54) is 5.56 Å². The summed E-state index contributed by atoms with van der Waals surface area (Å²) in [4.78, 5) is 10.5. The topological polar surface area (TPSA) is 52.6 Å². The quantitative estimate of drug-likeness (QED) is 0.711. The Morgan fingerprint density at radius 1 is 1.43 bits per heavy atom. The third-order valence-electron chi connectivity index (χ3n) is 2.34. The van der Waals surface area contributed by atoms with E-state index in [0.717, 1.165) is 25.1 Å². The summed E-state index contributed by atoms with van der Waals surface area (Å²) in [6, 6.07) is 7.86. The zero-order valence-corrected chi connectivity index (χ0v) is 7.73. The summed E-state index contributed by atoms with van der Waals surface area (Å²) in [6.45, 7) is 0.739. The summed E-state index contributed by atoms with van der Waals surface area (Å²) in [7, 11) is 0. The highest BCUT2D eigenvalue weighted by Crippen LogP contribution is 2.24. The van der Waals surface area contributed by atoms with E-state index in [2.05, 4.69) is 5.43 Å². The molecule has 0 aromatic heterocycles. The van der Waals surface area contributed by atoms with Gasteiger partial charge in [-0.2, -0.15) is 0 Å². The average Bonchev–Trinajstić information content (AvgIpc) is 2.18. The molecule has 1 amide bonds. The number of hydrogen-bond donors (Lipinski definition) is 2. The van der Waals surface area contributed by atoms with Crippen LogP contribution in [0.2, 0.25) is 0 Å². The van der Waals surface area contributed by atoms with Gasteiger partial charge in [0.25, 0.3) is 0 Å². The van der Waals surface area contributed by atoms with Crippen molar-refractivity contribution in [3.05, 3.63) is 29.8 Å². The molecule has 0 bridgehead atoms. The van der Waals surface area contributed by atoms with Gasteiger partial charge in [0.05, 0.1) is 5.69 Å². The molecule has 1 heterocycles. The van der Waals surface area contributed by atoms with E-state index in [0.29, 0.717) is 0 Å². The van der Waals surface area contributed by atoms with Crippen LogP contribution in [0.5, 0.6) is 0 Å². The molecule has 0 fully saturated rings. The fourth-order valence-electron chi connectivity index (χ4n) is 1.77. The van der Waals surface area contributed by atoms with Crippen LogP contribution in [0.3, 0.4) is 0 Å². The third-order valence-corrected chi connectivity index (χ3v) is 2.34. The van der Waals surface area contributed by atoms with Gasteiger partial charge in [0.2, 0.25) is 0 Å². The van der Waals surface area contributed by atoms with Gasteiger partial charge in [0.15, 0.2) is 0 Å². The van der Waals surface area contributed by atoms with Crippen LogP contribution in [0.15, 0.2) is 24.3 Å². The fraction of sp³-hybridized carbons (Fsp3) is 0.300. The number of para-hydroxylation sites is 1. The molecule has 0 radical (unpaired) electrons. The second-order valence-corrected chi connectivity index (χ2v) is 3.30. The first-order valence-electron chi connectivity index (χ1n) is 4.62. The van der Waals surface area contributed by atoms with Gasteiger partial charge in [-0.05, 0) is 24.5 Å². The maximum atomic E-state index is 10.5. The monoisotopic (exact) mass is 192 g/mol. The van der Waals surface area contributed by atoms with E-state index in [1.807, 2.05) is 24.3 Å². The standard InChI is InChI=1S/C10H12N2O2/c13-10(14)11-12-7-3-5-8-4-1-2-6-9(8)12/h1-2,4,6,11H,3,5,7H2,(H,13,14). The molecule has 1 aromatic carbocycles. The van der Waals surface area contributed by atoms with Gasteiger partial charge in [-0.1, -0.05) is 18.2 Å². The van der Waals surface area contributed by atoms with Crippen molar-refractivity contribution in [2.24, 2.45) is 0 Å². The summed E-state index contributed by atoms with van der Waals surface area (Å²) >= 11 is 0. The molecule has 2 N–H and O–H groups in total. The number of carboxylic acid groups (broad SMARTS) is 1. The number of fused-ring (bicyclic) bond motifs is 1.